The molecule has 2 aromatic carbocycles. The van der Waals surface area contributed by atoms with Crippen LogP contribution in [0.2, 0.25) is 0 Å². The Labute approximate surface area is 148 Å². The van der Waals surface area contributed by atoms with E-state index in [0.717, 1.165) is 11.1 Å². The van der Waals surface area contributed by atoms with E-state index in [4.69, 9.17) is 0 Å². The summed E-state index contributed by atoms with van der Waals surface area (Å²) in [4.78, 5) is 26.2. The minimum absolute atomic E-state index is 0.00107. The van der Waals surface area contributed by atoms with Gasteiger partial charge in [0.05, 0.1) is 6.10 Å². The number of hydrogen-bond acceptors (Lipinski definition) is 3. The van der Waals surface area contributed by atoms with Crippen LogP contribution in [0, 0.1) is 0 Å². The lowest BCUT2D eigenvalue weighted by Gasteiger charge is -2.29. The highest BCUT2D eigenvalue weighted by atomic mass is 16.3. The molecule has 130 valence electrons. The molecular weight excluding hydrogens is 314 g/mol. The SMILES string of the molecule is O=C(CCC(=O)N1CCC(O)CC1)c1ccc(-c2ccccc2)cc1. The predicted octanol–water partition coefficient (Wildman–Crippen LogP) is 3.30. The number of likely N-dealkylation sites (tertiary alicyclic amines) is 1. The first-order valence-electron chi connectivity index (χ1n) is 8.78. The maximum absolute atomic E-state index is 12.3. The van der Waals surface area contributed by atoms with Crippen LogP contribution in [0.3, 0.4) is 0 Å². The molecule has 1 saturated heterocycles. The van der Waals surface area contributed by atoms with E-state index in [1.54, 1.807) is 4.90 Å². The van der Waals surface area contributed by atoms with E-state index in [0.29, 0.717) is 31.5 Å². The third kappa shape index (κ3) is 4.54. The third-order valence-corrected chi connectivity index (χ3v) is 4.70. The second-order valence-electron chi connectivity index (χ2n) is 6.48. The Morgan fingerprint density at radius 2 is 1.48 bits per heavy atom. The Bertz CT molecular complexity index is 717. The second kappa shape index (κ2) is 8.08. The Morgan fingerprint density at radius 1 is 0.880 bits per heavy atom. The molecular formula is C21H23NO3. The van der Waals surface area contributed by atoms with Gasteiger partial charge in [-0.2, -0.15) is 0 Å². The molecule has 0 aromatic heterocycles. The molecule has 1 amide bonds. The first-order chi connectivity index (χ1) is 12.1. The summed E-state index contributed by atoms with van der Waals surface area (Å²) in [7, 11) is 0. The summed E-state index contributed by atoms with van der Waals surface area (Å²) < 4.78 is 0. The molecule has 0 aliphatic carbocycles. The zero-order valence-electron chi connectivity index (χ0n) is 14.2. The van der Waals surface area contributed by atoms with E-state index in [-0.39, 0.29) is 30.6 Å². The fourth-order valence-corrected chi connectivity index (χ4v) is 3.12. The summed E-state index contributed by atoms with van der Waals surface area (Å²) in [6.07, 6.45) is 1.41. The average Bonchev–Trinajstić information content (AvgIpc) is 2.67. The number of piperidine rings is 1. The Balaban J connectivity index is 1.54. The summed E-state index contributed by atoms with van der Waals surface area (Å²) in [6.45, 7) is 1.17. The molecule has 0 atom stereocenters. The van der Waals surface area contributed by atoms with Crippen LogP contribution in [0.1, 0.15) is 36.0 Å². The molecule has 0 bridgehead atoms. The van der Waals surface area contributed by atoms with Gasteiger partial charge in [-0.25, -0.2) is 0 Å². The zero-order chi connectivity index (χ0) is 17.6. The lowest BCUT2D eigenvalue weighted by molar-refractivity contribution is -0.133. The van der Waals surface area contributed by atoms with Crippen molar-refractivity contribution in [2.24, 2.45) is 0 Å². The number of aliphatic hydroxyl groups excluding tert-OH is 1. The minimum atomic E-state index is -0.297. The van der Waals surface area contributed by atoms with Gasteiger partial charge in [0.25, 0.3) is 0 Å². The standard InChI is InChI=1S/C21H23NO3/c23-19-12-14-22(15-13-19)21(25)11-10-20(24)18-8-6-17(7-9-18)16-4-2-1-3-5-16/h1-9,19,23H,10-15H2. The van der Waals surface area contributed by atoms with Crippen molar-refractivity contribution in [1.29, 1.82) is 0 Å². The van der Waals surface area contributed by atoms with E-state index in [9.17, 15) is 14.7 Å². The van der Waals surface area contributed by atoms with Crippen molar-refractivity contribution >= 4 is 11.7 Å². The van der Waals surface area contributed by atoms with Crippen LogP contribution >= 0.6 is 0 Å². The van der Waals surface area contributed by atoms with E-state index >= 15 is 0 Å². The molecule has 1 fully saturated rings. The van der Waals surface area contributed by atoms with Crippen molar-refractivity contribution in [3.8, 4) is 11.1 Å². The van der Waals surface area contributed by atoms with Crippen molar-refractivity contribution < 1.29 is 14.7 Å². The Kier molecular flexibility index (Phi) is 5.61. The molecule has 4 nitrogen and oxygen atoms in total. The molecule has 1 aliphatic rings. The molecule has 0 unspecified atom stereocenters. The maximum atomic E-state index is 12.3. The van der Waals surface area contributed by atoms with Gasteiger partial charge >= 0.3 is 0 Å². The number of nitrogens with zero attached hydrogens (tertiary/aromatic N) is 1. The number of carbonyl (C=O) groups excluding carboxylic acids is 2. The zero-order valence-corrected chi connectivity index (χ0v) is 14.2. The van der Waals surface area contributed by atoms with Crippen LogP contribution in [-0.2, 0) is 4.79 Å². The van der Waals surface area contributed by atoms with E-state index in [1.165, 1.54) is 0 Å². The van der Waals surface area contributed by atoms with Crippen LogP contribution in [0.5, 0.6) is 0 Å². The first kappa shape index (κ1) is 17.4. The van der Waals surface area contributed by atoms with Gasteiger partial charge in [-0.15, -0.1) is 0 Å². The molecule has 0 spiro atoms. The van der Waals surface area contributed by atoms with Crippen molar-refractivity contribution in [3.05, 3.63) is 60.2 Å². The van der Waals surface area contributed by atoms with Crippen molar-refractivity contribution in [2.75, 3.05) is 13.1 Å². The molecule has 1 N–H and O–H groups in total. The van der Waals surface area contributed by atoms with Crippen LogP contribution in [0.15, 0.2) is 54.6 Å². The van der Waals surface area contributed by atoms with Crippen LogP contribution in [-0.4, -0.2) is 40.9 Å². The predicted molar refractivity (Wildman–Crippen MR) is 97.3 cm³/mol. The smallest absolute Gasteiger partial charge is 0.223 e. The van der Waals surface area contributed by atoms with Crippen LogP contribution < -0.4 is 0 Å². The molecule has 25 heavy (non-hydrogen) atoms. The van der Waals surface area contributed by atoms with Gasteiger partial charge in [0.1, 0.15) is 0 Å². The maximum Gasteiger partial charge on any atom is 0.223 e. The lowest BCUT2D eigenvalue weighted by Crippen LogP contribution is -2.40. The third-order valence-electron chi connectivity index (χ3n) is 4.70. The molecule has 0 radical (unpaired) electrons. The highest BCUT2D eigenvalue weighted by Crippen LogP contribution is 2.20. The topological polar surface area (TPSA) is 57.6 Å². The quantitative estimate of drug-likeness (QED) is 0.852. The fourth-order valence-electron chi connectivity index (χ4n) is 3.12. The number of amides is 1. The van der Waals surface area contributed by atoms with Gasteiger partial charge in [0.15, 0.2) is 5.78 Å². The van der Waals surface area contributed by atoms with Crippen molar-refractivity contribution in [1.82, 2.24) is 4.90 Å². The molecule has 1 aliphatic heterocycles. The Hall–Kier alpha value is -2.46. The summed E-state index contributed by atoms with van der Waals surface area (Å²) >= 11 is 0. The molecule has 1 heterocycles. The number of ketones is 1. The number of benzene rings is 2. The molecule has 0 saturated carbocycles. The van der Waals surface area contributed by atoms with E-state index in [2.05, 4.69) is 0 Å². The number of Topliss-reactive ketones (excluding diaryl/α,β-unsaturated/α-hetero) is 1. The normalized spacial score (nSPS) is 15.2. The summed E-state index contributed by atoms with van der Waals surface area (Å²) in [5.41, 5.74) is 2.82. The first-order valence-corrected chi connectivity index (χ1v) is 8.78. The van der Waals surface area contributed by atoms with Crippen LogP contribution in [0.25, 0.3) is 11.1 Å². The van der Waals surface area contributed by atoms with Crippen LogP contribution in [0.4, 0.5) is 0 Å². The second-order valence-corrected chi connectivity index (χ2v) is 6.48. The van der Waals surface area contributed by atoms with Gasteiger partial charge in [0, 0.05) is 31.5 Å². The summed E-state index contributed by atoms with van der Waals surface area (Å²) in [5, 5.41) is 9.49. The van der Waals surface area contributed by atoms with E-state index in [1.807, 2.05) is 54.6 Å². The molecule has 4 heteroatoms. The highest BCUT2D eigenvalue weighted by molar-refractivity contribution is 5.98. The minimum Gasteiger partial charge on any atom is -0.393 e. The largest absolute Gasteiger partial charge is 0.393 e. The fraction of sp³-hybridized carbons (Fsp3) is 0.333. The van der Waals surface area contributed by atoms with Gasteiger partial charge in [-0.3, -0.25) is 9.59 Å². The van der Waals surface area contributed by atoms with Gasteiger partial charge < -0.3 is 10.0 Å². The Morgan fingerprint density at radius 3 is 2.12 bits per heavy atom. The number of aliphatic hydroxyl groups is 1. The van der Waals surface area contributed by atoms with E-state index < -0.39 is 0 Å². The van der Waals surface area contributed by atoms with Crippen molar-refractivity contribution in [3.63, 3.8) is 0 Å². The average molecular weight is 337 g/mol. The molecule has 2 aromatic rings. The number of rotatable bonds is 5. The summed E-state index contributed by atoms with van der Waals surface area (Å²) in [5.74, 6) is -0.00818. The summed E-state index contributed by atoms with van der Waals surface area (Å²) in [6, 6.07) is 17.5. The highest BCUT2D eigenvalue weighted by Gasteiger charge is 2.21. The lowest BCUT2D eigenvalue weighted by atomic mass is 10.0. The van der Waals surface area contributed by atoms with Gasteiger partial charge in [-0.05, 0) is 24.0 Å². The molecule has 3 rings (SSSR count). The van der Waals surface area contributed by atoms with Gasteiger partial charge in [-0.1, -0.05) is 54.6 Å². The van der Waals surface area contributed by atoms with Gasteiger partial charge in [0.2, 0.25) is 5.91 Å². The number of hydrogen-bond donors (Lipinski definition) is 1. The monoisotopic (exact) mass is 337 g/mol. The number of carbonyl (C=O) groups is 2. The van der Waals surface area contributed by atoms with Crippen molar-refractivity contribution in [2.45, 2.75) is 31.8 Å².